The summed E-state index contributed by atoms with van der Waals surface area (Å²) in [5.74, 6) is -1.76. The number of aliphatic carboxylic acids is 1. The van der Waals surface area contributed by atoms with Crippen molar-refractivity contribution in [3.8, 4) is 0 Å². The summed E-state index contributed by atoms with van der Waals surface area (Å²) in [6, 6.07) is 8.53. The Labute approximate surface area is 117 Å². The van der Waals surface area contributed by atoms with Gasteiger partial charge in [0.25, 0.3) is 0 Å². The first kappa shape index (κ1) is 14.5. The van der Waals surface area contributed by atoms with Crippen LogP contribution in [0.1, 0.15) is 30.6 Å². The molecule has 1 fully saturated rings. The molecule has 0 bridgehead atoms. The fourth-order valence-electron chi connectivity index (χ4n) is 2.48. The van der Waals surface area contributed by atoms with Gasteiger partial charge in [0.05, 0.1) is 11.7 Å². The van der Waals surface area contributed by atoms with E-state index in [9.17, 15) is 14.7 Å². The molecule has 5 heteroatoms. The highest BCUT2D eigenvalue weighted by Crippen LogP contribution is 2.31. The molecule has 1 saturated heterocycles. The Morgan fingerprint density at radius 3 is 2.50 bits per heavy atom. The Kier molecular flexibility index (Phi) is 4.39. The Bertz CT molecular complexity index is 484. The average Bonchev–Trinajstić information content (AvgIpc) is 2.77. The predicted molar refractivity (Wildman–Crippen MR) is 71.4 cm³/mol. The van der Waals surface area contributed by atoms with E-state index in [-0.39, 0.29) is 12.0 Å². The lowest BCUT2D eigenvalue weighted by atomic mass is 9.96. The summed E-state index contributed by atoms with van der Waals surface area (Å²) in [7, 11) is 0. The molecule has 1 aliphatic heterocycles. The summed E-state index contributed by atoms with van der Waals surface area (Å²) in [5.41, 5.74) is 0.406. The molecule has 0 amide bonds. The van der Waals surface area contributed by atoms with Gasteiger partial charge in [-0.1, -0.05) is 32.0 Å². The first-order chi connectivity index (χ1) is 9.54. The van der Waals surface area contributed by atoms with Gasteiger partial charge in [-0.25, -0.2) is 9.59 Å². The van der Waals surface area contributed by atoms with Gasteiger partial charge in [-0.15, -0.1) is 0 Å². The van der Waals surface area contributed by atoms with Crippen molar-refractivity contribution in [1.82, 2.24) is 0 Å². The van der Waals surface area contributed by atoms with Crippen LogP contribution < -0.4 is 0 Å². The molecule has 1 aromatic carbocycles. The van der Waals surface area contributed by atoms with Crippen LogP contribution in [-0.4, -0.2) is 35.4 Å². The average molecular weight is 278 g/mol. The van der Waals surface area contributed by atoms with Crippen LogP contribution >= 0.6 is 0 Å². The Morgan fingerprint density at radius 2 is 1.95 bits per heavy atom. The number of benzene rings is 1. The SMILES string of the molecule is CC[C@H]1OC(C(=O)O)[C@H](OC(=O)c2ccccc2)[C@@H]1C. The zero-order valence-electron chi connectivity index (χ0n) is 11.5. The number of ether oxygens (including phenoxy) is 2. The van der Waals surface area contributed by atoms with Crippen molar-refractivity contribution >= 4 is 11.9 Å². The molecule has 4 atom stereocenters. The van der Waals surface area contributed by atoms with E-state index < -0.39 is 24.1 Å². The number of carbonyl (C=O) groups is 2. The lowest BCUT2D eigenvalue weighted by Gasteiger charge is -2.19. The van der Waals surface area contributed by atoms with Gasteiger partial charge < -0.3 is 14.6 Å². The molecule has 0 spiro atoms. The van der Waals surface area contributed by atoms with Crippen LogP contribution in [0.25, 0.3) is 0 Å². The minimum absolute atomic E-state index is 0.145. The van der Waals surface area contributed by atoms with Crippen molar-refractivity contribution < 1.29 is 24.2 Å². The van der Waals surface area contributed by atoms with Crippen LogP contribution in [0.4, 0.5) is 0 Å². The number of hydrogen-bond donors (Lipinski definition) is 1. The minimum atomic E-state index is -1.10. The molecule has 108 valence electrons. The van der Waals surface area contributed by atoms with E-state index in [4.69, 9.17) is 9.47 Å². The molecule has 1 heterocycles. The van der Waals surface area contributed by atoms with E-state index in [2.05, 4.69) is 0 Å². The van der Waals surface area contributed by atoms with Crippen LogP contribution in [0.3, 0.4) is 0 Å². The molecule has 1 N–H and O–H groups in total. The highest BCUT2D eigenvalue weighted by molar-refractivity contribution is 5.89. The van der Waals surface area contributed by atoms with Gasteiger partial charge >= 0.3 is 11.9 Å². The van der Waals surface area contributed by atoms with Crippen molar-refractivity contribution in [1.29, 1.82) is 0 Å². The standard InChI is InChI=1S/C15H18O5/c1-3-11-9(2)12(13(19-11)14(16)17)20-15(18)10-7-5-4-6-8-10/h4-9,11-13H,3H2,1-2H3,(H,16,17)/t9-,11-,12-,13?/m1/s1. The molecule has 1 aliphatic rings. The molecule has 1 unspecified atom stereocenters. The van der Waals surface area contributed by atoms with E-state index in [1.165, 1.54) is 0 Å². The quantitative estimate of drug-likeness (QED) is 0.854. The number of carboxylic acids is 1. The minimum Gasteiger partial charge on any atom is -0.479 e. The second-order valence-corrected chi connectivity index (χ2v) is 4.94. The number of rotatable bonds is 4. The lowest BCUT2D eigenvalue weighted by molar-refractivity contribution is -0.153. The molecule has 0 saturated carbocycles. The van der Waals surface area contributed by atoms with Crippen molar-refractivity contribution in [3.05, 3.63) is 35.9 Å². The third-order valence-corrected chi connectivity index (χ3v) is 3.62. The van der Waals surface area contributed by atoms with Gasteiger partial charge in [-0.05, 0) is 18.6 Å². The third kappa shape index (κ3) is 2.82. The molecule has 0 aliphatic carbocycles. The summed E-state index contributed by atoms with van der Waals surface area (Å²) in [6.45, 7) is 3.77. The van der Waals surface area contributed by atoms with Gasteiger partial charge in [0.2, 0.25) is 0 Å². The maximum atomic E-state index is 12.0. The zero-order valence-corrected chi connectivity index (χ0v) is 11.5. The topological polar surface area (TPSA) is 72.8 Å². The first-order valence-electron chi connectivity index (χ1n) is 6.69. The molecule has 5 nitrogen and oxygen atoms in total. The predicted octanol–water partition coefficient (Wildman–Crippen LogP) is 2.11. The molecule has 20 heavy (non-hydrogen) atoms. The Hall–Kier alpha value is -1.88. The monoisotopic (exact) mass is 278 g/mol. The number of carbonyl (C=O) groups excluding carboxylic acids is 1. The smallest absolute Gasteiger partial charge is 0.338 e. The van der Waals surface area contributed by atoms with Crippen molar-refractivity contribution in [3.63, 3.8) is 0 Å². The lowest BCUT2D eigenvalue weighted by Crippen LogP contribution is -2.36. The summed E-state index contributed by atoms with van der Waals surface area (Å²) in [4.78, 5) is 23.3. The molecular weight excluding hydrogens is 260 g/mol. The summed E-state index contributed by atoms with van der Waals surface area (Å²) >= 11 is 0. The molecule has 2 rings (SSSR count). The van der Waals surface area contributed by atoms with Crippen LogP contribution in [0.15, 0.2) is 30.3 Å². The maximum absolute atomic E-state index is 12.0. The fraction of sp³-hybridized carbons (Fsp3) is 0.467. The summed E-state index contributed by atoms with van der Waals surface area (Å²) < 4.78 is 10.8. The van der Waals surface area contributed by atoms with Crippen molar-refractivity contribution in [2.24, 2.45) is 5.92 Å². The van der Waals surface area contributed by atoms with Crippen molar-refractivity contribution in [2.75, 3.05) is 0 Å². The highest BCUT2D eigenvalue weighted by atomic mass is 16.6. The largest absolute Gasteiger partial charge is 0.479 e. The normalized spacial score (nSPS) is 29.1. The number of hydrogen-bond acceptors (Lipinski definition) is 4. The molecule has 0 aromatic heterocycles. The number of esters is 1. The van der Waals surface area contributed by atoms with E-state index >= 15 is 0 Å². The van der Waals surface area contributed by atoms with Gasteiger partial charge in [-0.3, -0.25) is 0 Å². The second kappa shape index (κ2) is 6.05. The fourth-order valence-corrected chi connectivity index (χ4v) is 2.48. The van der Waals surface area contributed by atoms with Crippen molar-refractivity contribution in [2.45, 2.75) is 38.6 Å². The Morgan fingerprint density at radius 1 is 1.30 bits per heavy atom. The van der Waals surface area contributed by atoms with Crippen LogP contribution in [-0.2, 0) is 14.3 Å². The third-order valence-electron chi connectivity index (χ3n) is 3.62. The van der Waals surface area contributed by atoms with Gasteiger partial charge in [0.1, 0.15) is 6.10 Å². The first-order valence-corrected chi connectivity index (χ1v) is 6.69. The molecular formula is C15H18O5. The van der Waals surface area contributed by atoms with Crippen LogP contribution in [0.5, 0.6) is 0 Å². The van der Waals surface area contributed by atoms with Gasteiger partial charge in [0.15, 0.2) is 6.10 Å². The van der Waals surface area contributed by atoms with E-state index in [0.717, 1.165) is 0 Å². The summed E-state index contributed by atoms with van der Waals surface area (Å²) in [5, 5.41) is 9.18. The van der Waals surface area contributed by atoms with E-state index in [1.54, 1.807) is 30.3 Å². The van der Waals surface area contributed by atoms with Gasteiger partial charge in [-0.2, -0.15) is 0 Å². The molecule has 1 aromatic rings. The molecule has 0 radical (unpaired) electrons. The van der Waals surface area contributed by atoms with E-state index in [0.29, 0.717) is 12.0 Å². The number of carboxylic acid groups (broad SMARTS) is 1. The maximum Gasteiger partial charge on any atom is 0.338 e. The zero-order chi connectivity index (χ0) is 14.7. The Balaban J connectivity index is 2.13. The second-order valence-electron chi connectivity index (χ2n) is 4.94. The summed E-state index contributed by atoms with van der Waals surface area (Å²) in [6.07, 6.45) is -1.37. The highest BCUT2D eigenvalue weighted by Gasteiger charge is 2.47. The van der Waals surface area contributed by atoms with Crippen LogP contribution in [0, 0.1) is 5.92 Å². The van der Waals surface area contributed by atoms with Gasteiger partial charge in [0, 0.05) is 5.92 Å². The van der Waals surface area contributed by atoms with Crippen LogP contribution in [0.2, 0.25) is 0 Å². The van der Waals surface area contributed by atoms with E-state index in [1.807, 2.05) is 13.8 Å².